The molecular weight excluding hydrogens is 683 g/mol. The van der Waals surface area contributed by atoms with Crippen molar-refractivity contribution in [3.63, 3.8) is 0 Å². The predicted molar refractivity (Wildman–Crippen MR) is 209 cm³/mol. The fourth-order valence-corrected chi connectivity index (χ4v) is 7.65. The van der Waals surface area contributed by atoms with Crippen molar-refractivity contribution in [2.24, 2.45) is 17.3 Å². The monoisotopic (exact) mass is 734 g/mol. The maximum Gasteiger partial charge on any atom is 0.317 e. The van der Waals surface area contributed by atoms with Gasteiger partial charge in [0.25, 0.3) is 0 Å². The summed E-state index contributed by atoms with van der Waals surface area (Å²) in [7, 11) is 1.68. The maximum atomic E-state index is 13.9. The number of phenolic OH excluding ortho intramolecular Hbond substituents is 1. The Balaban J connectivity index is 1.51. The van der Waals surface area contributed by atoms with E-state index < -0.39 is 17.4 Å². The smallest absolute Gasteiger partial charge is 0.317 e. The van der Waals surface area contributed by atoms with E-state index in [0.29, 0.717) is 31.4 Å². The van der Waals surface area contributed by atoms with Gasteiger partial charge in [-0.2, -0.15) is 0 Å². The first-order chi connectivity index (χ1) is 25.8. The summed E-state index contributed by atoms with van der Waals surface area (Å²) in [4.78, 5) is 48.6. The van der Waals surface area contributed by atoms with Crippen LogP contribution in [0.5, 0.6) is 5.75 Å². The number of benzene rings is 2. The van der Waals surface area contributed by atoms with Crippen LogP contribution in [0.2, 0.25) is 0 Å². The van der Waals surface area contributed by atoms with E-state index in [0.717, 1.165) is 56.0 Å². The molecule has 1 aliphatic carbocycles. The largest absolute Gasteiger partial charge is 0.508 e. The first kappa shape index (κ1) is 38.5. The number of methoxy groups -OCH3 is 1. The molecule has 0 spiro atoms. The highest BCUT2D eigenvalue weighted by molar-refractivity contribution is 5.95. The van der Waals surface area contributed by atoms with Gasteiger partial charge in [-0.25, -0.2) is 0 Å². The molecule has 3 heterocycles. The molecule has 2 amide bonds. The van der Waals surface area contributed by atoms with E-state index in [-0.39, 0.29) is 61.6 Å². The molecule has 0 radical (unpaired) electrons. The molecule has 2 aromatic carbocycles. The van der Waals surface area contributed by atoms with Gasteiger partial charge in [-0.05, 0) is 104 Å². The molecule has 6 rings (SSSR count). The van der Waals surface area contributed by atoms with E-state index >= 15 is 0 Å². The summed E-state index contributed by atoms with van der Waals surface area (Å²) in [6.07, 6.45) is 4.10. The van der Waals surface area contributed by atoms with Crippen molar-refractivity contribution < 1.29 is 29.0 Å². The molecule has 284 valence electrons. The molecule has 4 atom stereocenters. The SMILES string of the molecule is C#[N+]N1CCCCC(=O)OCC(C)(C)Cc2c(-c3cccnc3[C@H](C)OC)n(CC)c3ccc(cc23)-c2cc(O)cc(c2)C[C@H](NC(=O)[C@@H]2C[C@H]2C)C1=O. The topological polar surface area (TPSA) is 127 Å². The number of cyclic esters (lactones) is 1. The number of esters is 1. The number of carbonyl (C=O) groups excluding carboxylic acids is 3. The molecule has 2 aliphatic rings. The third-order valence-corrected chi connectivity index (χ3v) is 10.8. The van der Waals surface area contributed by atoms with E-state index in [1.54, 1.807) is 25.4 Å². The lowest BCUT2D eigenvalue weighted by molar-refractivity contribution is -0.146. The molecule has 11 nitrogen and oxygen atoms in total. The summed E-state index contributed by atoms with van der Waals surface area (Å²) in [5, 5.41) is 16.2. The van der Waals surface area contributed by atoms with Crippen molar-refractivity contribution in [2.75, 3.05) is 20.3 Å². The second-order valence-corrected chi connectivity index (χ2v) is 15.6. The van der Waals surface area contributed by atoms with E-state index in [4.69, 9.17) is 21.0 Å². The number of ether oxygens (including phenoxy) is 2. The van der Waals surface area contributed by atoms with E-state index in [9.17, 15) is 19.5 Å². The first-order valence-electron chi connectivity index (χ1n) is 19.0. The third-order valence-electron chi connectivity index (χ3n) is 10.8. The Labute approximate surface area is 317 Å². The van der Waals surface area contributed by atoms with Crippen molar-refractivity contribution in [3.05, 3.63) is 76.5 Å². The summed E-state index contributed by atoms with van der Waals surface area (Å²) in [5.41, 5.74) is 6.82. The Kier molecular flexibility index (Phi) is 11.4. The number of amides is 2. The fraction of sp³-hybridized carbons (Fsp3) is 0.465. The number of fused-ring (bicyclic) bond motifs is 4. The number of aryl methyl sites for hydroxylation is 1. The number of aromatic hydroxyl groups is 1. The quantitative estimate of drug-likeness (QED) is 0.197. The molecule has 4 aromatic rings. The lowest BCUT2D eigenvalue weighted by atomic mass is 9.84. The zero-order valence-corrected chi connectivity index (χ0v) is 32.2. The van der Waals surface area contributed by atoms with E-state index in [1.807, 2.05) is 32.0 Å². The molecule has 0 unspecified atom stereocenters. The van der Waals surface area contributed by atoms with Crippen molar-refractivity contribution in [1.29, 1.82) is 0 Å². The maximum absolute atomic E-state index is 13.9. The highest BCUT2D eigenvalue weighted by Crippen LogP contribution is 2.42. The van der Waals surface area contributed by atoms with Gasteiger partial charge in [0, 0.05) is 65.5 Å². The van der Waals surface area contributed by atoms with Crippen LogP contribution in [0.1, 0.15) is 83.2 Å². The number of hydrogen-bond donors (Lipinski definition) is 2. The average molecular weight is 735 g/mol. The van der Waals surface area contributed by atoms with Crippen molar-refractivity contribution in [2.45, 2.75) is 91.8 Å². The zero-order valence-electron chi connectivity index (χ0n) is 32.2. The van der Waals surface area contributed by atoms with Crippen LogP contribution in [0.15, 0.2) is 54.7 Å². The van der Waals surface area contributed by atoms with Gasteiger partial charge >= 0.3 is 18.4 Å². The number of aromatic nitrogens is 2. The molecular formula is C43H52N5O6+. The van der Waals surface area contributed by atoms with Crippen LogP contribution in [0, 0.1) is 23.8 Å². The lowest BCUT2D eigenvalue weighted by Gasteiger charge is -2.26. The van der Waals surface area contributed by atoms with Crippen LogP contribution in [0.4, 0.5) is 0 Å². The molecule has 2 N–H and O–H groups in total. The normalized spacial score (nSPS) is 21.3. The Bertz CT molecular complexity index is 2100. The molecule has 1 aliphatic heterocycles. The highest BCUT2D eigenvalue weighted by Gasteiger charge is 2.42. The Morgan fingerprint density at radius 2 is 1.94 bits per heavy atom. The molecule has 2 aromatic heterocycles. The Morgan fingerprint density at radius 3 is 2.65 bits per heavy atom. The first-order valence-corrected chi connectivity index (χ1v) is 19.0. The molecule has 0 saturated heterocycles. The predicted octanol–water partition coefficient (Wildman–Crippen LogP) is 7.49. The summed E-state index contributed by atoms with van der Waals surface area (Å²) in [6, 6.07) is 14.6. The molecule has 1 saturated carbocycles. The van der Waals surface area contributed by atoms with Crippen molar-refractivity contribution >= 4 is 28.7 Å². The van der Waals surface area contributed by atoms with Crippen molar-refractivity contribution in [3.8, 4) is 34.7 Å². The minimum atomic E-state index is -0.969. The van der Waals surface area contributed by atoms with Crippen LogP contribution < -0.4 is 5.32 Å². The molecule has 54 heavy (non-hydrogen) atoms. The number of hydrogen-bond acceptors (Lipinski definition) is 7. The van der Waals surface area contributed by atoms with E-state index in [1.165, 1.54) is 0 Å². The van der Waals surface area contributed by atoms with Crippen LogP contribution in [-0.2, 0) is 43.2 Å². The minimum absolute atomic E-state index is 0.0435. The summed E-state index contributed by atoms with van der Waals surface area (Å²) < 4.78 is 14.0. The van der Waals surface area contributed by atoms with Gasteiger partial charge in [0.1, 0.15) is 11.8 Å². The van der Waals surface area contributed by atoms with Crippen LogP contribution in [0.25, 0.3) is 38.2 Å². The minimum Gasteiger partial charge on any atom is -0.508 e. The number of carbonyl (C=O) groups is 3. The Morgan fingerprint density at radius 1 is 1.17 bits per heavy atom. The average Bonchev–Trinajstić information content (AvgIpc) is 3.82. The number of pyridine rings is 1. The fourth-order valence-electron chi connectivity index (χ4n) is 7.65. The summed E-state index contributed by atoms with van der Waals surface area (Å²) in [5.74, 6) is -0.828. The Hall–Kier alpha value is -5.21. The number of phenols is 1. The number of nitrogens with zero attached hydrogens (tertiary/aromatic N) is 4. The molecule has 11 heteroatoms. The van der Waals surface area contributed by atoms with Crippen LogP contribution in [-0.4, -0.2) is 63.8 Å². The van der Waals surface area contributed by atoms with Gasteiger partial charge < -0.3 is 24.5 Å². The second-order valence-electron chi connectivity index (χ2n) is 15.6. The lowest BCUT2D eigenvalue weighted by Crippen LogP contribution is -2.48. The van der Waals surface area contributed by atoms with Gasteiger partial charge in [-0.15, -0.1) is 0 Å². The zero-order chi connectivity index (χ0) is 38.7. The van der Waals surface area contributed by atoms with Gasteiger partial charge in [-0.1, -0.05) is 32.9 Å². The van der Waals surface area contributed by atoms with Gasteiger partial charge in [0.05, 0.1) is 35.6 Å². The summed E-state index contributed by atoms with van der Waals surface area (Å²) >= 11 is 0. The van der Waals surface area contributed by atoms with E-state index in [2.05, 4.69) is 53.8 Å². The second kappa shape index (κ2) is 16.0. The third kappa shape index (κ3) is 8.29. The van der Waals surface area contributed by atoms with Crippen LogP contribution >= 0.6 is 0 Å². The molecule has 1 fully saturated rings. The van der Waals surface area contributed by atoms with Gasteiger partial charge in [0.2, 0.25) is 5.91 Å². The summed E-state index contributed by atoms with van der Waals surface area (Å²) in [6.45, 7) is 17.1. The highest BCUT2D eigenvalue weighted by atomic mass is 16.5. The molecule has 4 bridgehead atoms. The van der Waals surface area contributed by atoms with Crippen LogP contribution in [0.3, 0.4) is 0 Å². The van der Waals surface area contributed by atoms with Crippen molar-refractivity contribution in [1.82, 2.24) is 19.9 Å². The van der Waals surface area contributed by atoms with Gasteiger partial charge in [0.15, 0.2) is 0 Å². The standard InChI is InChI=1S/C43H51N5O6/c1-8-47-37-15-14-29-23-34(37)35(40(47)32-12-11-16-45-39(32)27(3)53-7)24-43(4,5)25-54-38(50)13-9-10-17-48(44-6)42(52)36(46-41(51)33-18-26(33)2)21-28-19-30(29)22-31(49)20-28/h6,11-12,14-16,19-20,22-23,26-27,33,36H,8-10,13,17-18,21,24-25H2,1-5,7H3,(H-,46,49,51)/p+1/t26-,27+,33-,36+/m1/s1. The van der Waals surface area contributed by atoms with Gasteiger partial charge in [-0.3, -0.25) is 19.4 Å². The number of nitrogens with one attached hydrogen (secondary N) is 1. The number of rotatable bonds is 6.